The summed E-state index contributed by atoms with van der Waals surface area (Å²) in [4.78, 5) is 0. The van der Waals surface area contributed by atoms with Crippen molar-refractivity contribution < 1.29 is 4.39 Å². The number of hydrogen-bond donors (Lipinski definition) is 1. The number of halogens is 3. The average Bonchev–Trinajstić information content (AvgIpc) is 2.36. The Morgan fingerprint density at radius 2 is 1.84 bits per heavy atom. The monoisotopic (exact) mass is 385 g/mol. The van der Waals surface area contributed by atoms with Crippen LogP contribution in [0.25, 0.3) is 0 Å². The topological polar surface area (TPSA) is 12.0 Å². The van der Waals surface area contributed by atoms with Gasteiger partial charge in [0, 0.05) is 16.2 Å². The molecular weight excluding hydrogens is 373 g/mol. The van der Waals surface area contributed by atoms with E-state index in [-0.39, 0.29) is 11.9 Å². The minimum atomic E-state index is -0.240. The van der Waals surface area contributed by atoms with Gasteiger partial charge in [0.1, 0.15) is 5.82 Å². The van der Waals surface area contributed by atoms with Crippen molar-refractivity contribution in [3.05, 3.63) is 62.3 Å². The fourth-order valence-corrected chi connectivity index (χ4v) is 2.76. The molecule has 0 saturated carbocycles. The Kier molecular flexibility index (Phi) is 4.63. The number of benzene rings is 2. The Balaban J connectivity index is 2.20. The number of aryl methyl sites for hydroxylation is 1. The molecule has 0 amide bonds. The van der Waals surface area contributed by atoms with Crippen LogP contribution in [-0.2, 0) is 0 Å². The summed E-state index contributed by atoms with van der Waals surface area (Å²) in [5.41, 5.74) is 3.29. The maximum Gasteiger partial charge on any atom is 0.137 e. The van der Waals surface area contributed by atoms with Crippen molar-refractivity contribution in [3.8, 4) is 0 Å². The second kappa shape index (κ2) is 6.06. The second-order valence-corrected chi connectivity index (χ2v) is 6.27. The fraction of sp³-hybridized carbons (Fsp3) is 0.200. The molecule has 0 aromatic heterocycles. The van der Waals surface area contributed by atoms with Crippen LogP contribution in [-0.4, -0.2) is 0 Å². The molecule has 0 radical (unpaired) electrons. The minimum Gasteiger partial charge on any atom is -0.378 e. The molecular formula is C15H14Br2FN. The van der Waals surface area contributed by atoms with E-state index in [0.29, 0.717) is 4.47 Å². The first-order valence-corrected chi connectivity index (χ1v) is 7.53. The van der Waals surface area contributed by atoms with Gasteiger partial charge in [-0.1, -0.05) is 22.0 Å². The van der Waals surface area contributed by atoms with Crippen molar-refractivity contribution in [2.75, 3.05) is 5.32 Å². The molecule has 0 spiro atoms. The molecule has 0 fully saturated rings. The van der Waals surface area contributed by atoms with E-state index < -0.39 is 0 Å². The minimum absolute atomic E-state index is 0.108. The van der Waals surface area contributed by atoms with Gasteiger partial charge in [-0.15, -0.1) is 0 Å². The SMILES string of the molecule is Cc1cc(Br)ccc1NC(C)c1ccc(F)c(Br)c1. The highest BCUT2D eigenvalue weighted by atomic mass is 79.9. The van der Waals surface area contributed by atoms with Crippen LogP contribution in [0.4, 0.5) is 10.1 Å². The average molecular weight is 387 g/mol. The largest absolute Gasteiger partial charge is 0.378 e. The summed E-state index contributed by atoms with van der Waals surface area (Å²) < 4.78 is 14.8. The molecule has 1 N–H and O–H groups in total. The molecule has 100 valence electrons. The van der Waals surface area contributed by atoms with Crippen LogP contribution in [0.5, 0.6) is 0 Å². The molecule has 0 aliphatic heterocycles. The molecule has 0 aliphatic carbocycles. The quantitative estimate of drug-likeness (QED) is 0.699. The third-order valence-corrected chi connectivity index (χ3v) is 4.11. The normalized spacial score (nSPS) is 12.3. The maximum absolute atomic E-state index is 13.2. The molecule has 2 rings (SSSR count). The van der Waals surface area contributed by atoms with Crippen molar-refractivity contribution >= 4 is 37.5 Å². The van der Waals surface area contributed by atoms with Gasteiger partial charge in [-0.3, -0.25) is 0 Å². The van der Waals surface area contributed by atoms with Gasteiger partial charge in [-0.25, -0.2) is 4.39 Å². The molecule has 0 heterocycles. The lowest BCUT2D eigenvalue weighted by Crippen LogP contribution is -2.07. The fourth-order valence-electron chi connectivity index (χ4n) is 1.89. The van der Waals surface area contributed by atoms with Gasteiger partial charge in [-0.05, 0) is 71.2 Å². The van der Waals surface area contributed by atoms with Crippen LogP contribution in [0.1, 0.15) is 24.1 Å². The first kappa shape index (κ1) is 14.5. The Hall–Kier alpha value is -0.870. The van der Waals surface area contributed by atoms with E-state index in [9.17, 15) is 4.39 Å². The summed E-state index contributed by atoms with van der Waals surface area (Å²) >= 11 is 6.66. The van der Waals surface area contributed by atoms with Crippen molar-refractivity contribution in [2.24, 2.45) is 0 Å². The van der Waals surface area contributed by atoms with Gasteiger partial charge < -0.3 is 5.32 Å². The Morgan fingerprint density at radius 3 is 2.47 bits per heavy atom. The molecule has 1 unspecified atom stereocenters. The number of hydrogen-bond acceptors (Lipinski definition) is 1. The van der Waals surface area contributed by atoms with Crippen molar-refractivity contribution in [2.45, 2.75) is 19.9 Å². The smallest absolute Gasteiger partial charge is 0.137 e. The van der Waals surface area contributed by atoms with Crippen molar-refractivity contribution in [3.63, 3.8) is 0 Å². The molecule has 2 aromatic rings. The van der Waals surface area contributed by atoms with Crippen LogP contribution < -0.4 is 5.32 Å². The third-order valence-electron chi connectivity index (χ3n) is 3.00. The Bertz CT molecular complexity index is 599. The Labute approximate surface area is 129 Å². The molecule has 4 heteroatoms. The van der Waals surface area contributed by atoms with Gasteiger partial charge in [0.05, 0.1) is 4.47 Å². The van der Waals surface area contributed by atoms with Gasteiger partial charge in [-0.2, -0.15) is 0 Å². The van der Waals surface area contributed by atoms with Crippen LogP contribution in [0.15, 0.2) is 45.3 Å². The summed E-state index contributed by atoms with van der Waals surface area (Å²) in [5, 5.41) is 3.44. The summed E-state index contributed by atoms with van der Waals surface area (Å²) in [7, 11) is 0. The van der Waals surface area contributed by atoms with Gasteiger partial charge in [0.15, 0.2) is 0 Å². The van der Waals surface area contributed by atoms with E-state index >= 15 is 0 Å². The molecule has 0 aliphatic rings. The second-order valence-electron chi connectivity index (χ2n) is 4.50. The van der Waals surface area contributed by atoms with Crippen LogP contribution in [0, 0.1) is 12.7 Å². The zero-order valence-corrected chi connectivity index (χ0v) is 13.8. The number of rotatable bonds is 3. The standard InChI is InChI=1S/C15H14Br2FN/c1-9-7-12(16)4-6-15(9)19-10(2)11-3-5-14(18)13(17)8-11/h3-8,10,19H,1-2H3. The highest BCUT2D eigenvalue weighted by molar-refractivity contribution is 9.10. The molecule has 2 aromatic carbocycles. The summed E-state index contributed by atoms with van der Waals surface area (Å²) in [6.45, 7) is 4.11. The van der Waals surface area contributed by atoms with E-state index in [0.717, 1.165) is 15.7 Å². The van der Waals surface area contributed by atoms with Gasteiger partial charge in [0.2, 0.25) is 0 Å². The first-order valence-electron chi connectivity index (χ1n) is 5.95. The van der Waals surface area contributed by atoms with Crippen molar-refractivity contribution in [1.82, 2.24) is 0 Å². The zero-order valence-electron chi connectivity index (χ0n) is 10.7. The van der Waals surface area contributed by atoms with E-state index in [1.54, 1.807) is 12.1 Å². The molecule has 1 nitrogen and oxygen atoms in total. The predicted octanol–water partition coefficient (Wildman–Crippen LogP) is 5.83. The van der Waals surface area contributed by atoms with Gasteiger partial charge in [0.25, 0.3) is 0 Å². The molecule has 19 heavy (non-hydrogen) atoms. The predicted molar refractivity (Wildman–Crippen MR) is 85.0 cm³/mol. The lowest BCUT2D eigenvalue weighted by Gasteiger charge is -2.18. The number of anilines is 1. The van der Waals surface area contributed by atoms with E-state index in [4.69, 9.17) is 0 Å². The third kappa shape index (κ3) is 3.57. The molecule has 1 atom stereocenters. The van der Waals surface area contributed by atoms with Crippen molar-refractivity contribution in [1.29, 1.82) is 0 Å². The summed E-state index contributed by atoms with van der Waals surface area (Å²) in [5.74, 6) is -0.240. The summed E-state index contributed by atoms with van der Waals surface area (Å²) in [6, 6.07) is 11.3. The van der Waals surface area contributed by atoms with Gasteiger partial charge >= 0.3 is 0 Å². The first-order chi connectivity index (χ1) is 8.97. The number of nitrogens with one attached hydrogen (secondary N) is 1. The van der Waals surface area contributed by atoms with E-state index in [1.165, 1.54) is 11.6 Å². The van der Waals surface area contributed by atoms with E-state index in [2.05, 4.69) is 57.1 Å². The molecule has 0 saturated heterocycles. The van der Waals surface area contributed by atoms with Crippen LogP contribution in [0.3, 0.4) is 0 Å². The Morgan fingerprint density at radius 1 is 1.11 bits per heavy atom. The van der Waals surface area contributed by atoms with Crippen LogP contribution in [0.2, 0.25) is 0 Å². The lowest BCUT2D eigenvalue weighted by atomic mass is 10.1. The molecule has 0 bridgehead atoms. The highest BCUT2D eigenvalue weighted by Gasteiger charge is 2.09. The van der Waals surface area contributed by atoms with E-state index in [1.807, 2.05) is 12.1 Å². The maximum atomic E-state index is 13.2. The highest BCUT2D eigenvalue weighted by Crippen LogP contribution is 2.26. The zero-order chi connectivity index (χ0) is 14.0. The lowest BCUT2D eigenvalue weighted by molar-refractivity contribution is 0.619. The summed E-state index contributed by atoms with van der Waals surface area (Å²) in [6.07, 6.45) is 0. The van der Waals surface area contributed by atoms with Crippen LogP contribution >= 0.6 is 31.9 Å².